The first-order valence-corrected chi connectivity index (χ1v) is 3.52. The first kappa shape index (κ1) is 10.9. The Morgan fingerprint density at radius 2 is 1.36 bits per heavy atom. The van der Waals surface area contributed by atoms with E-state index in [0.29, 0.717) is 24.3 Å². The monoisotopic (exact) mass is 210 g/mol. The van der Waals surface area contributed by atoms with Gasteiger partial charge in [-0.25, -0.2) is 4.39 Å². The van der Waals surface area contributed by atoms with Crippen LogP contribution in [0.25, 0.3) is 0 Å². The Hall–Kier alpha value is -1.14. The highest BCUT2D eigenvalue weighted by atomic mass is 19.4. The maximum atomic E-state index is 12.3. The molecule has 1 rings (SSSR count). The molecule has 0 saturated carbocycles. The minimum absolute atomic E-state index is 0.656. The van der Waals surface area contributed by atoms with Crippen LogP contribution in [0.15, 0.2) is 24.3 Å². The van der Waals surface area contributed by atoms with Crippen LogP contribution in [0, 0.1) is 5.82 Å². The Morgan fingerprint density at radius 3 is 1.71 bits per heavy atom. The number of alkyl halides is 3. The summed E-state index contributed by atoms with van der Waals surface area (Å²) in [5, 5.41) is 17.4. The first-order valence-electron chi connectivity index (χ1n) is 3.52. The molecule has 0 bridgehead atoms. The van der Waals surface area contributed by atoms with Crippen molar-refractivity contribution in [1.29, 1.82) is 0 Å². The molecule has 0 radical (unpaired) electrons. The van der Waals surface area contributed by atoms with Gasteiger partial charge in [0.2, 0.25) is 0 Å². The number of hydrogen-bond donors (Lipinski definition) is 2. The van der Waals surface area contributed by atoms with Crippen LogP contribution >= 0.6 is 0 Å². The highest BCUT2D eigenvalue weighted by Crippen LogP contribution is 2.36. The van der Waals surface area contributed by atoms with Crippen molar-refractivity contribution < 1.29 is 27.8 Å². The molecule has 0 aliphatic heterocycles. The van der Waals surface area contributed by atoms with Gasteiger partial charge in [0.05, 0.1) is 0 Å². The molecular weight excluding hydrogens is 204 g/mol. The van der Waals surface area contributed by atoms with E-state index in [1.165, 1.54) is 0 Å². The summed E-state index contributed by atoms with van der Waals surface area (Å²) < 4.78 is 48.4. The van der Waals surface area contributed by atoms with Crippen LogP contribution in [0.3, 0.4) is 0 Å². The van der Waals surface area contributed by atoms with Crippen molar-refractivity contribution in [3.05, 3.63) is 35.6 Å². The minimum atomic E-state index is -5.22. The summed E-state index contributed by atoms with van der Waals surface area (Å²) in [5.41, 5.74) is -0.827. The van der Waals surface area contributed by atoms with Gasteiger partial charge in [-0.15, -0.1) is 0 Å². The Kier molecular flexibility index (Phi) is 2.51. The zero-order valence-electron chi connectivity index (χ0n) is 6.72. The highest BCUT2D eigenvalue weighted by Gasteiger charge is 2.54. The fourth-order valence-electron chi connectivity index (χ4n) is 0.846. The molecule has 1 aromatic rings. The Bertz CT molecular complexity index is 315. The minimum Gasteiger partial charge on any atom is -0.355 e. The highest BCUT2D eigenvalue weighted by molar-refractivity contribution is 5.21. The topological polar surface area (TPSA) is 40.5 Å². The molecule has 0 atom stereocenters. The SMILES string of the molecule is OC(O)(c1ccc(F)cc1)C(F)(F)F. The second kappa shape index (κ2) is 3.21. The van der Waals surface area contributed by atoms with Crippen molar-refractivity contribution in [1.82, 2.24) is 0 Å². The van der Waals surface area contributed by atoms with Crippen molar-refractivity contribution in [3.63, 3.8) is 0 Å². The maximum Gasteiger partial charge on any atom is 0.447 e. The Labute approximate surface area is 76.4 Å². The van der Waals surface area contributed by atoms with Gasteiger partial charge in [0, 0.05) is 5.56 Å². The molecule has 0 spiro atoms. The summed E-state index contributed by atoms with van der Waals surface area (Å²) in [5.74, 6) is -4.70. The average molecular weight is 210 g/mol. The van der Waals surface area contributed by atoms with Crippen molar-refractivity contribution in [2.45, 2.75) is 12.0 Å². The van der Waals surface area contributed by atoms with Crippen molar-refractivity contribution in [3.8, 4) is 0 Å². The molecule has 0 aliphatic rings. The zero-order valence-corrected chi connectivity index (χ0v) is 6.72. The summed E-state index contributed by atoms with van der Waals surface area (Å²) >= 11 is 0. The van der Waals surface area contributed by atoms with E-state index in [-0.39, 0.29) is 0 Å². The lowest BCUT2D eigenvalue weighted by molar-refractivity contribution is -0.358. The number of hydrogen-bond acceptors (Lipinski definition) is 2. The molecule has 14 heavy (non-hydrogen) atoms. The van der Waals surface area contributed by atoms with Gasteiger partial charge < -0.3 is 10.2 Å². The molecule has 0 aromatic heterocycles. The Morgan fingerprint density at radius 1 is 0.929 bits per heavy atom. The molecule has 0 aliphatic carbocycles. The van der Waals surface area contributed by atoms with Gasteiger partial charge >= 0.3 is 6.18 Å². The number of halogens is 4. The van der Waals surface area contributed by atoms with E-state index in [1.54, 1.807) is 0 Å². The molecule has 0 heterocycles. The quantitative estimate of drug-likeness (QED) is 0.545. The molecule has 0 amide bonds. The van der Waals surface area contributed by atoms with E-state index < -0.39 is 23.3 Å². The van der Waals surface area contributed by atoms with Crippen LogP contribution < -0.4 is 0 Å². The number of benzene rings is 1. The molecule has 2 N–H and O–H groups in total. The zero-order chi connectivity index (χ0) is 11.0. The largest absolute Gasteiger partial charge is 0.447 e. The molecule has 2 nitrogen and oxygen atoms in total. The average Bonchev–Trinajstić information content (AvgIpc) is 2.03. The summed E-state index contributed by atoms with van der Waals surface area (Å²) in [6.45, 7) is 0. The van der Waals surface area contributed by atoms with Crippen LogP contribution in [-0.4, -0.2) is 16.4 Å². The standard InChI is InChI=1S/C8H6F4O2/c9-6-3-1-5(2-4-6)7(13,14)8(10,11)12/h1-4,13-14H. The second-order valence-electron chi connectivity index (χ2n) is 2.68. The number of aliphatic hydroxyl groups is 2. The fourth-order valence-corrected chi connectivity index (χ4v) is 0.846. The lowest BCUT2D eigenvalue weighted by Gasteiger charge is -2.24. The van der Waals surface area contributed by atoms with E-state index in [0.717, 1.165) is 0 Å². The predicted octanol–water partition coefficient (Wildman–Crippen LogP) is 1.53. The summed E-state index contributed by atoms with van der Waals surface area (Å²) in [7, 11) is 0. The molecule has 78 valence electrons. The van der Waals surface area contributed by atoms with Gasteiger partial charge in [-0.2, -0.15) is 13.2 Å². The van der Waals surface area contributed by atoms with Gasteiger partial charge in [-0.1, -0.05) is 12.1 Å². The van der Waals surface area contributed by atoms with Crippen LogP contribution in [-0.2, 0) is 5.79 Å². The third-order valence-electron chi connectivity index (χ3n) is 1.64. The van der Waals surface area contributed by atoms with Gasteiger partial charge in [0.25, 0.3) is 5.79 Å². The van der Waals surface area contributed by atoms with Crippen LogP contribution in [0.4, 0.5) is 17.6 Å². The Balaban J connectivity index is 3.10. The summed E-state index contributed by atoms with van der Waals surface area (Å²) in [4.78, 5) is 0. The van der Waals surface area contributed by atoms with Gasteiger partial charge in [0.1, 0.15) is 5.82 Å². The molecule has 1 aromatic carbocycles. The first-order chi connectivity index (χ1) is 6.25. The maximum absolute atomic E-state index is 12.3. The van der Waals surface area contributed by atoms with Gasteiger partial charge in [0.15, 0.2) is 0 Å². The lowest BCUT2D eigenvalue weighted by Crippen LogP contribution is -2.41. The third-order valence-corrected chi connectivity index (χ3v) is 1.64. The smallest absolute Gasteiger partial charge is 0.355 e. The van der Waals surface area contributed by atoms with E-state index in [9.17, 15) is 17.6 Å². The van der Waals surface area contributed by atoms with Crippen LogP contribution in [0.5, 0.6) is 0 Å². The predicted molar refractivity (Wildman–Crippen MR) is 38.6 cm³/mol. The molecule has 0 unspecified atom stereocenters. The second-order valence-corrected chi connectivity index (χ2v) is 2.68. The van der Waals surface area contributed by atoms with Crippen LogP contribution in [0.2, 0.25) is 0 Å². The van der Waals surface area contributed by atoms with E-state index >= 15 is 0 Å². The van der Waals surface area contributed by atoms with Crippen molar-refractivity contribution >= 4 is 0 Å². The molecular formula is C8H6F4O2. The fraction of sp³-hybridized carbons (Fsp3) is 0.250. The van der Waals surface area contributed by atoms with Crippen molar-refractivity contribution in [2.75, 3.05) is 0 Å². The van der Waals surface area contributed by atoms with Crippen molar-refractivity contribution in [2.24, 2.45) is 0 Å². The third kappa shape index (κ3) is 1.85. The van der Waals surface area contributed by atoms with E-state index in [2.05, 4.69) is 0 Å². The molecule has 6 heteroatoms. The lowest BCUT2D eigenvalue weighted by atomic mass is 10.1. The normalized spacial score (nSPS) is 13.0. The summed E-state index contributed by atoms with van der Waals surface area (Å²) in [6.07, 6.45) is -5.22. The number of rotatable bonds is 1. The summed E-state index contributed by atoms with van der Waals surface area (Å²) in [6, 6.07) is 2.73. The molecule has 0 saturated heterocycles. The van der Waals surface area contributed by atoms with Gasteiger partial charge in [-0.05, 0) is 12.1 Å². The van der Waals surface area contributed by atoms with Gasteiger partial charge in [-0.3, -0.25) is 0 Å². The van der Waals surface area contributed by atoms with E-state index in [1.807, 2.05) is 0 Å². The van der Waals surface area contributed by atoms with Crippen LogP contribution in [0.1, 0.15) is 5.56 Å². The van der Waals surface area contributed by atoms with E-state index in [4.69, 9.17) is 10.2 Å². The molecule has 0 fully saturated rings.